The number of methoxy groups -OCH3 is 1. The summed E-state index contributed by atoms with van der Waals surface area (Å²) in [6.07, 6.45) is 0. The van der Waals surface area contributed by atoms with Gasteiger partial charge in [0.25, 0.3) is 0 Å². The Balaban J connectivity index is 2.16. The quantitative estimate of drug-likeness (QED) is 0.779. The molecule has 0 heterocycles. The average molecular weight is 342 g/mol. The zero-order chi connectivity index (χ0) is 13.8. The van der Waals surface area contributed by atoms with Crippen molar-refractivity contribution in [1.82, 2.24) is 0 Å². The van der Waals surface area contributed by atoms with Crippen LogP contribution in [0.2, 0.25) is 5.02 Å². The highest BCUT2D eigenvalue weighted by atomic mass is 79.9. The first-order valence-electron chi connectivity index (χ1n) is 5.81. The third kappa shape index (κ3) is 3.64. The van der Waals surface area contributed by atoms with Gasteiger partial charge < -0.3 is 9.47 Å². The van der Waals surface area contributed by atoms with Crippen molar-refractivity contribution in [3.05, 3.63) is 57.0 Å². The molecule has 0 saturated heterocycles. The standard InChI is InChI=1S/C15H14BrClO2/c1-10-3-5-15(13(16)7-10)19-9-11-8-12(17)4-6-14(11)18-2/h3-8H,9H2,1-2H3. The van der Waals surface area contributed by atoms with Crippen LogP contribution in [0.1, 0.15) is 11.1 Å². The van der Waals surface area contributed by atoms with Gasteiger partial charge in [-0.05, 0) is 58.7 Å². The molecule has 4 heteroatoms. The zero-order valence-electron chi connectivity index (χ0n) is 10.7. The fraction of sp³-hybridized carbons (Fsp3) is 0.200. The van der Waals surface area contributed by atoms with E-state index in [1.807, 2.05) is 37.3 Å². The number of hydrogen-bond acceptors (Lipinski definition) is 2. The fourth-order valence-electron chi connectivity index (χ4n) is 1.74. The molecule has 0 aliphatic heterocycles. The molecule has 0 amide bonds. The lowest BCUT2D eigenvalue weighted by atomic mass is 10.2. The Morgan fingerprint density at radius 2 is 1.84 bits per heavy atom. The maximum absolute atomic E-state index is 5.99. The van der Waals surface area contributed by atoms with Crippen LogP contribution in [0.4, 0.5) is 0 Å². The van der Waals surface area contributed by atoms with Crippen LogP contribution in [0.3, 0.4) is 0 Å². The second-order valence-electron chi connectivity index (χ2n) is 4.18. The first-order chi connectivity index (χ1) is 9.10. The summed E-state index contributed by atoms with van der Waals surface area (Å²) in [6.45, 7) is 2.44. The van der Waals surface area contributed by atoms with E-state index < -0.39 is 0 Å². The summed E-state index contributed by atoms with van der Waals surface area (Å²) in [5, 5.41) is 0.669. The van der Waals surface area contributed by atoms with Gasteiger partial charge in [0.2, 0.25) is 0 Å². The molecule has 0 aliphatic rings. The molecule has 2 rings (SSSR count). The Labute approximate surface area is 126 Å². The highest BCUT2D eigenvalue weighted by molar-refractivity contribution is 9.10. The molecule has 0 unspecified atom stereocenters. The van der Waals surface area contributed by atoms with E-state index in [0.29, 0.717) is 11.6 Å². The van der Waals surface area contributed by atoms with E-state index in [1.54, 1.807) is 13.2 Å². The van der Waals surface area contributed by atoms with E-state index in [2.05, 4.69) is 15.9 Å². The van der Waals surface area contributed by atoms with E-state index >= 15 is 0 Å². The monoisotopic (exact) mass is 340 g/mol. The van der Waals surface area contributed by atoms with Gasteiger partial charge in [0, 0.05) is 10.6 Å². The molecule has 2 aromatic rings. The summed E-state index contributed by atoms with van der Waals surface area (Å²) in [7, 11) is 1.63. The minimum absolute atomic E-state index is 0.408. The Kier molecular flexibility index (Phi) is 4.72. The van der Waals surface area contributed by atoms with Crippen molar-refractivity contribution >= 4 is 27.5 Å². The lowest BCUT2D eigenvalue weighted by Gasteiger charge is -2.12. The molecule has 0 atom stereocenters. The van der Waals surface area contributed by atoms with Gasteiger partial charge in [0.05, 0.1) is 11.6 Å². The summed E-state index contributed by atoms with van der Waals surface area (Å²) < 4.78 is 12.0. The van der Waals surface area contributed by atoms with Gasteiger partial charge in [-0.15, -0.1) is 0 Å². The number of halogens is 2. The second kappa shape index (κ2) is 6.31. The van der Waals surface area contributed by atoms with Crippen LogP contribution in [-0.2, 0) is 6.61 Å². The van der Waals surface area contributed by atoms with Crippen molar-refractivity contribution in [2.45, 2.75) is 13.5 Å². The maximum atomic E-state index is 5.99. The van der Waals surface area contributed by atoms with Crippen LogP contribution in [0, 0.1) is 6.92 Å². The Hall–Kier alpha value is -1.19. The van der Waals surface area contributed by atoms with E-state index in [1.165, 1.54) is 5.56 Å². The highest BCUT2D eigenvalue weighted by Crippen LogP contribution is 2.28. The first-order valence-corrected chi connectivity index (χ1v) is 6.98. The molecule has 0 aromatic heterocycles. The average Bonchev–Trinajstić information content (AvgIpc) is 2.38. The third-order valence-corrected chi connectivity index (χ3v) is 3.57. The minimum Gasteiger partial charge on any atom is -0.496 e. The van der Waals surface area contributed by atoms with E-state index in [0.717, 1.165) is 21.5 Å². The molecule has 0 fully saturated rings. The number of benzene rings is 2. The minimum atomic E-state index is 0.408. The highest BCUT2D eigenvalue weighted by Gasteiger charge is 2.07. The van der Waals surface area contributed by atoms with Gasteiger partial charge in [0.15, 0.2) is 0 Å². The van der Waals surface area contributed by atoms with Crippen molar-refractivity contribution in [2.24, 2.45) is 0 Å². The number of rotatable bonds is 4. The van der Waals surface area contributed by atoms with E-state index in [4.69, 9.17) is 21.1 Å². The van der Waals surface area contributed by atoms with Crippen molar-refractivity contribution in [3.63, 3.8) is 0 Å². The van der Waals surface area contributed by atoms with E-state index in [-0.39, 0.29) is 0 Å². The van der Waals surface area contributed by atoms with Gasteiger partial charge in [-0.3, -0.25) is 0 Å². The molecule has 100 valence electrons. The lowest BCUT2D eigenvalue weighted by molar-refractivity contribution is 0.295. The molecule has 0 bridgehead atoms. The Morgan fingerprint density at radius 3 is 2.53 bits per heavy atom. The summed E-state index contributed by atoms with van der Waals surface area (Å²) in [5.41, 5.74) is 2.10. The van der Waals surface area contributed by atoms with Crippen LogP contribution in [0.15, 0.2) is 40.9 Å². The largest absolute Gasteiger partial charge is 0.496 e. The molecule has 0 N–H and O–H groups in total. The number of aryl methyl sites for hydroxylation is 1. The normalized spacial score (nSPS) is 10.3. The van der Waals surface area contributed by atoms with Gasteiger partial charge in [0.1, 0.15) is 18.1 Å². The second-order valence-corrected chi connectivity index (χ2v) is 5.47. The van der Waals surface area contributed by atoms with Gasteiger partial charge in [-0.2, -0.15) is 0 Å². The molecular weight excluding hydrogens is 328 g/mol. The summed E-state index contributed by atoms with van der Waals surface area (Å²) >= 11 is 9.48. The molecule has 0 saturated carbocycles. The van der Waals surface area contributed by atoms with Crippen molar-refractivity contribution in [3.8, 4) is 11.5 Å². The predicted molar refractivity (Wildman–Crippen MR) is 81.2 cm³/mol. The zero-order valence-corrected chi connectivity index (χ0v) is 13.1. The van der Waals surface area contributed by atoms with Crippen LogP contribution in [0.5, 0.6) is 11.5 Å². The summed E-state index contributed by atoms with van der Waals surface area (Å²) in [5.74, 6) is 1.57. The molecule has 0 spiro atoms. The Bertz CT molecular complexity index is 584. The van der Waals surface area contributed by atoms with Crippen LogP contribution in [0.25, 0.3) is 0 Å². The van der Waals surface area contributed by atoms with Crippen molar-refractivity contribution < 1.29 is 9.47 Å². The maximum Gasteiger partial charge on any atom is 0.134 e. The number of hydrogen-bond donors (Lipinski definition) is 0. The predicted octanol–water partition coefficient (Wildman–Crippen LogP) is 5.00. The molecule has 0 radical (unpaired) electrons. The molecule has 2 aromatic carbocycles. The third-order valence-electron chi connectivity index (χ3n) is 2.71. The summed E-state index contributed by atoms with van der Waals surface area (Å²) in [4.78, 5) is 0. The van der Waals surface area contributed by atoms with Crippen LogP contribution >= 0.6 is 27.5 Å². The van der Waals surface area contributed by atoms with Crippen LogP contribution in [-0.4, -0.2) is 7.11 Å². The van der Waals surface area contributed by atoms with Gasteiger partial charge in [-0.1, -0.05) is 17.7 Å². The van der Waals surface area contributed by atoms with Crippen molar-refractivity contribution in [1.29, 1.82) is 0 Å². The number of ether oxygens (including phenoxy) is 2. The molecule has 19 heavy (non-hydrogen) atoms. The van der Waals surface area contributed by atoms with Gasteiger partial charge in [-0.25, -0.2) is 0 Å². The van der Waals surface area contributed by atoms with Crippen molar-refractivity contribution in [2.75, 3.05) is 7.11 Å². The Morgan fingerprint density at radius 1 is 1.11 bits per heavy atom. The smallest absolute Gasteiger partial charge is 0.134 e. The first kappa shape index (κ1) is 14.2. The van der Waals surface area contributed by atoms with Crippen LogP contribution < -0.4 is 9.47 Å². The van der Waals surface area contributed by atoms with E-state index in [9.17, 15) is 0 Å². The fourth-order valence-corrected chi connectivity index (χ4v) is 2.54. The SMILES string of the molecule is COc1ccc(Cl)cc1COc1ccc(C)cc1Br. The lowest BCUT2D eigenvalue weighted by Crippen LogP contribution is -1.99. The summed E-state index contributed by atoms with van der Waals surface area (Å²) in [6, 6.07) is 11.5. The molecular formula is C15H14BrClO2. The molecule has 0 aliphatic carbocycles. The molecule has 2 nitrogen and oxygen atoms in total. The topological polar surface area (TPSA) is 18.5 Å². The van der Waals surface area contributed by atoms with Gasteiger partial charge >= 0.3 is 0 Å².